The molecular weight excluding hydrogens is 252 g/mol. The highest BCUT2D eigenvalue weighted by Crippen LogP contribution is 2.15. The SMILES string of the molecule is C=C(CC)CCCCCCCCCCCCCCCCC. The Kier molecular flexibility index (Phi) is 17.6. The fraction of sp³-hybridized carbons (Fsp3) is 0.905. The Morgan fingerprint density at radius 1 is 0.524 bits per heavy atom. The third kappa shape index (κ3) is 17.7. The molecule has 0 aliphatic carbocycles. The molecule has 0 saturated carbocycles. The van der Waals surface area contributed by atoms with E-state index in [1.807, 2.05) is 0 Å². The minimum Gasteiger partial charge on any atom is -0.0999 e. The lowest BCUT2D eigenvalue weighted by atomic mass is 10.0. The Hall–Kier alpha value is -0.260. The molecule has 0 atom stereocenters. The zero-order valence-corrected chi connectivity index (χ0v) is 15.2. The van der Waals surface area contributed by atoms with Gasteiger partial charge < -0.3 is 0 Å². The van der Waals surface area contributed by atoms with Crippen molar-refractivity contribution in [3.63, 3.8) is 0 Å². The van der Waals surface area contributed by atoms with Crippen LogP contribution in [-0.4, -0.2) is 0 Å². The second kappa shape index (κ2) is 17.8. The van der Waals surface area contributed by atoms with Crippen molar-refractivity contribution in [1.29, 1.82) is 0 Å². The molecule has 0 nitrogen and oxygen atoms in total. The molecule has 0 amide bonds. The van der Waals surface area contributed by atoms with E-state index in [9.17, 15) is 0 Å². The predicted octanol–water partition coefficient (Wildman–Crippen LogP) is 8.21. The lowest BCUT2D eigenvalue weighted by Gasteiger charge is -2.04. The number of rotatable bonds is 17. The topological polar surface area (TPSA) is 0 Å². The molecule has 0 aromatic heterocycles. The molecule has 0 aromatic rings. The summed E-state index contributed by atoms with van der Waals surface area (Å²) >= 11 is 0. The highest BCUT2D eigenvalue weighted by atomic mass is 14.0. The van der Waals surface area contributed by atoms with Gasteiger partial charge in [-0.1, -0.05) is 116 Å². The van der Waals surface area contributed by atoms with Crippen LogP contribution in [0.15, 0.2) is 12.2 Å². The molecule has 0 heteroatoms. The van der Waals surface area contributed by atoms with Gasteiger partial charge in [-0.3, -0.25) is 0 Å². The van der Waals surface area contributed by atoms with Crippen LogP contribution in [0, 0.1) is 0 Å². The van der Waals surface area contributed by atoms with Crippen LogP contribution in [0.4, 0.5) is 0 Å². The monoisotopic (exact) mass is 294 g/mol. The molecule has 0 aliphatic rings. The Bertz CT molecular complexity index is 204. The Labute approximate surface area is 135 Å². The molecule has 0 N–H and O–H groups in total. The zero-order valence-electron chi connectivity index (χ0n) is 15.2. The third-order valence-electron chi connectivity index (χ3n) is 4.63. The average Bonchev–Trinajstić information content (AvgIpc) is 2.50. The van der Waals surface area contributed by atoms with Crippen LogP contribution in [-0.2, 0) is 0 Å². The molecule has 0 heterocycles. The fourth-order valence-corrected chi connectivity index (χ4v) is 2.92. The molecular formula is C21H42. The number of hydrogen-bond donors (Lipinski definition) is 0. The van der Waals surface area contributed by atoms with Gasteiger partial charge in [-0.05, 0) is 19.3 Å². The van der Waals surface area contributed by atoms with Gasteiger partial charge in [0.1, 0.15) is 0 Å². The van der Waals surface area contributed by atoms with Gasteiger partial charge in [0.05, 0.1) is 0 Å². The molecule has 0 saturated heterocycles. The second-order valence-electron chi connectivity index (χ2n) is 6.80. The summed E-state index contributed by atoms with van der Waals surface area (Å²) in [6, 6.07) is 0. The minimum atomic E-state index is 1.17. The van der Waals surface area contributed by atoms with Crippen LogP contribution in [0.5, 0.6) is 0 Å². The second-order valence-corrected chi connectivity index (χ2v) is 6.80. The molecule has 0 unspecified atom stereocenters. The van der Waals surface area contributed by atoms with Crippen molar-refractivity contribution in [1.82, 2.24) is 0 Å². The minimum absolute atomic E-state index is 1.17. The van der Waals surface area contributed by atoms with Crippen molar-refractivity contribution in [2.75, 3.05) is 0 Å². The van der Waals surface area contributed by atoms with Crippen LogP contribution in [0.1, 0.15) is 123 Å². The Morgan fingerprint density at radius 3 is 1.19 bits per heavy atom. The summed E-state index contributed by atoms with van der Waals surface area (Å²) in [5.74, 6) is 0. The first kappa shape index (κ1) is 20.7. The van der Waals surface area contributed by atoms with Crippen molar-refractivity contribution in [2.45, 2.75) is 123 Å². The smallest absolute Gasteiger partial charge is 0.0323 e. The van der Waals surface area contributed by atoms with E-state index in [1.165, 1.54) is 115 Å². The largest absolute Gasteiger partial charge is 0.0999 e. The van der Waals surface area contributed by atoms with Crippen LogP contribution in [0.3, 0.4) is 0 Å². The molecule has 21 heavy (non-hydrogen) atoms. The van der Waals surface area contributed by atoms with Gasteiger partial charge in [0, 0.05) is 0 Å². The fourth-order valence-electron chi connectivity index (χ4n) is 2.92. The van der Waals surface area contributed by atoms with E-state index >= 15 is 0 Å². The zero-order chi connectivity index (χ0) is 15.6. The van der Waals surface area contributed by atoms with Crippen LogP contribution < -0.4 is 0 Å². The summed E-state index contributed by atoms with van der Waals surface area (Å²) in [6.45, 7) is 8.59. The number of hydrogen-bond acceptors (Lipinski definition) is 0. The van der Waals surface area contributed by atoms with E-state index in [0.717, 1.165) is 0 Å². The number of unbranched alkanes of at least 4 members (excludes halogenated alkanes) is 14. The van der Waals surface area contributed by atoms with E-state index in [1.54, 1.807) is 0 Å². The maximum Gasteiger partial charge on any atom is -0.0323 e. The molecule has 0 fully saturated rings. The van der Waals surface area contributed by atoms with E-state index in [4.69, 9.17) is 0 Å². The van der Waals surface area contributed by atoms with Crippen molar-refractivity contribution in [3.8, 4) is 0 Å². The third-order valence-corrected chi connectivity index (χ3v) is 4.63. The van der Waals surface area contributed by atoms with Crippen LogP contribution >= 0.6 is 0 Å². The lowest BCUT2D eigenvalue weighted by Crippen LogP contribution is -1.84. The first-order valence-electron chi connectivity index (χ1n) is 9.97. The number of allylic oxidation sites excluding steroid dienone is 1. The van der Waals surface area contributed by atoms with Gasteiger partial charge in [0.15, 0.2) is 0 Å². The predicted molar refractivity (Wildman–Crippen MR) is 99.0 cm³/mol. The quantitative estimate of drug-likeness (QED) is 0.187. The molecule has 0 radical (unpaired) electrons. The summed E-state index contributed by atoms with van der Waals surface area (Å²) in [7, 11) is 0. The Morgan fingerprint density at radius 2 is 0.857 bits per heavy atom. The van der Waals surface area contributed by atoms with Crippen molar-refractivity contribution >= 4 is 0 Å². The highest BCUT2D eigenvalue weighted by Gasteiger charge is 1.95. The maximum absolute atomic E-state index is 4.08. The van der Waals surface area contributed by atoms with Crippen molar-refractivity contribution in [3.05, 3.63) is 12.2 Å². The standard InChI is InChI=1S/C21H42/c1-4-6-7-8-9-10-11-12-13-14-15-16-17-18-19-20-21(3)5-2/h3-20H2,1-2H3. The summed E-state index contributed by atoms with van der Waals surface area (Å²) in [5, 5.41) is 0. The summed E-state index contributed by atoms with van der Waals surface area (Å²) in [6.07, 6.45) is 24.1. The van der Waals surface area contributed by atoms with E-state index in [2.05, 4.69) is 20.4 Å². The van der Waals surface area contributed by atoms with E-state index < -0.39 is 0 Å². The van der Waals surface area contributed by atoms with Gasteiger partial charge in [0.25, 0.3) is 0 Å². The molecule has 0 rings (SSSR count). The van der Waals surface area contributed by atoms with Crippen LogP contribution in [0.2, 0.25) is 0 Å². The van der Waals surface area contributed by atoms with Gasteiger partial charge in [0.2, 0.25) is 0 Å². The molecule has 0 spiro atoms. The lowest BCUT2D eigenvalue weighted by molar-refractivity contribution is 0.532. The molecule has 0 aliphatic heterocycles. The van der Waals surface area contributed by atoms with E-state index in [-0.39, 0.29) is 0 Å². The molecule has 126 valence electrons. The first-order valence-corrected chi connectivity index (χ1v) is 9.97. The van der Waals surface area contributed by atoms with Gasteiger partial charge in [-0.15, -0.1) is 0 Å². The summed E-state index contributed by atoms with van der Waals surface area (Å²) < 4.78 is 0. The van der Waals surface area contributed by atoms with Crippen molar-refractivity contribution in [2.24, 2.45) is 0 Å². The maximum atomic E-state index is 4.08. The summed E-state index contributed by atoms with van der Waals surface area (Å²) in [5.41, 5.74) is 1.43. The molecule has 0 aromatic carbocycles. The average molecular weight is 295 g/mol. The van der Waals surface area contributed by atoms with Crippen molar-refractivity contribution < 1.29 is 0 Å². The van der Waals surface area contributed by atoms with Gasteiger partial charge in [-0.2, -0.15) is 0 Å². The van der Waals surface area contributed by atoms with E-state index in [0.29, 0.717) is 0 Å². The Balaban J connectivity index is 2.98. The normalized spacial score (nSPS) is 11.0. The van der Waals surface area contributed by atoms with Gasteiger partial charge in [-0.25, -0.2) is 0 Å². The molecule has 0 bridgehead atoms. The first-order chi connectivity index (χ1) is 10.3. The highest BCUT2D eigenvalue weighted by molar-refractivity contribution is 4.91. The van der Waals surface area contributed by atoms with Crippen LogP contribution in [0.25, 0.3) is 0 Å². The summed E-state index contributed by atoms with van der Waals surface area (Å²) in [4.78, 5) is 0. The van der Waals surface area contributed by atoms with Gasteiger partial charge >= 0.3 is 0 Å².